The van der Waals surface area contributed by atoms with E-state index >= 15 is 0 Å². The number of carbonyl (C=O) groups excluding carboxylic acids is 1. The topological polar surface area (TPSA) is 41.6 Å². The van der Waals surface area contributed by atoms with Gasteiger partial charge in [0.2, 0.25) is 5.91 Å². The molecule has 1 aliphatic heterocycles. The number of aryl methyl sites for hydroxylation is 1. The van der Waals surface area contributed by atoms with E-state index in [9.17, 15) is 18.0 Å². The molecule has 2 aromatic carbocycles. The lowest BCUT2D eigenvalue weighted by Crippen LogP contribution is -2.36. The van der Waals surface area contributed by atoms with Crippen molar-refractivity contribution in [2.24, 2.45) is 5.92 Å². The highest BCUT2D eigenvalue weighted by molar-refractivity contribution is 5.98. The number of benzene rings is 2. The summed E-state index contributed by atoms with van der Waals surface area (Å²) in [5.41, 5.74) is 1.58. The molecule has 1 N–H and O–H groups in total. The Bertz CT molecular complexity index is 945. The van der Waals surface area contributed by atoms with Crippen molar-refractivity contribution in [2.45, 2.75) is 45.2 Å². The Labute approximate surface area is 186 Å². The molecule has 1 aliphatic carbocycles. The minimum absolute atomic E-state index is 0.152. The summed E-state index contributed by atoms with van der Waals surface area (Å²) in [4.78, 5) is 14.7. The number of amides is 1. The molecule has 2 aliphatic rings. The number of hydrogen-bond acceptors (Lipinski definition) is 3. The van der Waals surface area contributed by atoms with Crippen LogP contribution in [-0.4, -0.2) is 32.2 Å². The lowest BCUT2D eigenvalue weighted by molar-refractivity contribution is -0.136. The van der Waals surface area contributed by atoms with E-state index in [0.717, 1.165) is 37.3 Å². The molecule has 172 valence electrons. The first-order valence-electron chi connectivity index (χ1n) is 11.3. The van der Waals surface area contributed by atoms with Crippen LogP contribution in [0.2, 0.25) is 0 Å². The van der Waals surface area contributed by atoms with Crippen molar-refractivity contribution < 1.29 is 22.7 Å². The highest BCUT2D eigenvalue weighted by Gasteiger charge is 2.37. The number of morpholine rings is 1. The van der Waals surface area contributed by atoms with E-state index in [0.29, 0.717) is 43.1 Å². The summed E-state index contributed by atoms with van der Waals surface area (Å²) in [5, 5.41) is 2.65. The number of hydrogen-bond donors (Lipinski definition) is 1. The van der Waals surface area contributed by atoms with Crippen LogP contribution in [0.15, 0.2) is 36.4 Å². The number of alkyl halides is 3. The summed E-state index contributed by atoms with van der Waals surface area (Å²) in [5.74, 6) is -0.102. The normalized spacial score (nSPS) is 17.6. The first-order valence-corrected chi connectivity index (χ1v) is 11.3. The molecule has 0 radical (unpaired) electrons. The van der Waals surface area contributed by atoms with Crippen LogP contribution in [-0.2, 0) is 15.7 Å². The van der Waals surface area contributed by atoms with Crippen molar-refractivity contribution in [3.8, 4) is 11.1 Å². The average Bonchev–Trinajstić information content (AvgIpc) is 3.27. The van der Waals surface area contributed by atoms with Gasteiger partial charge in [0, 0.05) is 30.8 Å². The number of carbonyl (C=O) groups is 1. The quantitative estimate of drug-likeness (QED) is 0.609. The third-order valence-corrected chi connectivity index (χ3v) is 6.38. The molecular formula is C25H29F3N2O2. The second kappa shape index (κ2) is 9.53. The first-order chi connectivity index (χ1) is 15.3. The van der Waals surface area contributed by atoms with Crippen molar-refractivity contribution in [2.75, 3.05) is 36.5 Å². The Kier molecular flexibility index (Phi) is 6.74. The van der Waals surface area contributed by atoms with Crippen molar-refractivity contribution in [3.63, 3.8) is 0 Å². The number of anilines is 2. The third-order valence-electron chi connectivity index (χ3n) is 6.38. The molecule has 1 heterocycles. The minimum Gasteiger partial charge on any atom is -0.378 e. The molecule has 0 spiro atoms. The second-order valence-corrected chi connectivity index (χ2v) is 8.78. The van der Waals surface area contributed by atoms with Crippen LogP contribution < -0.4 is 10.2 Å². The molecule has 1 amide bonds. The Balaban J connectivity index is 1.78. The SMILES string of the molecule is Cc1ccc(-c2cc(N3CCOCC3)cc(C(F)(F)F)c2NC(=O)CC2CCCC2)cc1. The first kappa shape index (κ1) is 22.6. The number of halogens is 3. The van der Waals surface area contributed by atoms with Gasteiger partial charge >= 0.3 is 6.18 Å². The molecule has 0 atom stereocenters. The molecule has 2 aromatic rings. The van der Waals surface area contributed by atoms with Crippen LogP contribution in [0, 0.1) is 12.8 Å². The van der Waals surface area contributed by atoms with Crippen LogP contribution >= 0.6 is 0 Å². The number of ether oxygens (including phenoxy) is 1. The Hall–Kier alpha value is -2.54. The lowest BCUT2D eigenvalue weighted by Gasteiger charge is -2.31. The van der Waals surface area contributed by atoms with Gasteiger partial charge in [-0.25, -0.2) is 0 Å². The highest BCUT2D eigenvalue weighted by atomic mass is 19.4. The Morgan fingerprint density at radius 3 is 2.38 bits per heavy atom. The van der Waals surface area contributed by atoms with Crippen molar-refractivity contribution in [1.29, 1.82) is 0 Å². The molecule has 4 nitrogen and oxygen atoms in total. The van der Waals surface area contributed by atoms with Gasteiger partial charge in [0.15, 0.2) is 0 Å². The van der Waals surface area contributed by atoms with E-state index < -0.39 is 11.7 Å². The molecule has 1 saturated heterocycles. The summed E-state index contributed by atoms with van der Waals surface area (Å²) in [7, 11) is 0. The zero-order chi connectivity index (χ0) is 22.7. The standard InChI is InChI=1S/C25H29F3N2O2/c1-17-6-8-19(9-7-17)21-15-20(30-10-12-32-13-11-30)16-22(25(26,27)28)24(21)29-23(31)14-18-4-2-3-5-18/h6-9,15-16,18H,2-5,10-14H2,1H3,(H,29,31). The van der Waals surface area contributed by atoms with E-state index in [1.54, 1.807) is 18.2 Å². The summed E-state index contributed by atoms with van der Waals surface area (Å²) >= 11 is 0. The second-order valence-electron chi connectivity index (χ2n) is 8.78. The molecule has 0 aromatic heterocycles. The molecule has 1 saturated carbocycles. The zero-order valence-electron chi connectivity index (χ0n) is 18.3. The van der Waals surface area contributed by atoms with Crippen molar-refractivity contribution >= 4 is 17.3 Å². The maximum atomic E-state index is 14.2. The molecular weight excluding hydrogens is 417 g/mol. The molecule has 7 heteroatoms. The highest BCUT2D eigenvalue weighted by Crippen LogP contribution is 2.44. The number of nitrogens with zero attached hydrogens (tertiary/aromatic N) is 1. The van der Waals surface area contributed by atoms with Gasteiger partial charge in [0.05, 0.1) is 24.5 Å². The van der Waals surface area contributed by atoms with Crippen LogP contribution in [0.5, 0.6) is 0 Å². The van der Waals surface area contributed by atoms with Crippen molar-refractivity contribution in [1.82, 2.24) is 0 Å². The fraction of sp³-hybridized carbons (Fsp3) is 0.480. The van der Waals surface area contributed by atoms with Gasteiger partial charge in [-0.2, -0.15) is 13.2 Å². The molecule has 4 rings (SSSR count). The predicted molar refractivity (Wildman–Crippen MR) is 120 cm³/mol. The zero-order valence-corrected chi connectivity index (χ0v) is 18.3. The maximum Gasteiger partial charge on any atom is 0.418 e. The van der Waals surface area contributed by atoms with Gasteiger partial charge in [0.1, 0.15) is 0 Å². The van der Waals surface area contributed by atoms with E-state index in [1.165, 1.54) is 0 Å². The number of rotatable bonds is 5. The summed E-state index contributed by atoms with van der Waals surface area (Å²) in [6.45, 7) is 3.93. The van der Waals surface area contributed by atoms with Gasteiger partial charge in [-0.1, -0.05) is 42.7 Å². The third kappa shape index (κ3) is 5.26. The van der Waals surface area contributed by atoms with Crippen LogP contribution in [0.1, 0.15) is 43.2 Å². The van der Waals surface area contributed by atoms with Crippen LogP contribution in [0.4, 0.5) is 24.5 Å². The van der Waals surface area contributed by atoms with E-state index in [4.69, 9.17) is 4.74 Å². The minimum atomic E-state index is -4.60. The summed E-state index contributed by atoms with van der Waals surface area (Å²) in [6, 6.07) is 10.3. The van der Waals surface area contributed by atoms with Crippen molar-refractivity contribution in [3.05, 3.63) is 47.5 Å². The van der Waals surface area contributed by atoms with Crippen LogP contribution in [0.3, 0.4) is 0 Å². The molecule has 0 unspecified atom stereocenters. The van der Waals surface area contributed by atoms with E-state index in [-0.39, 0.29) is 23.9 Å². The fourth-order valence-electron chi connectivity index (χ4n) is 4.62. The molecule has 0 bridgehead atoms. The monoisotopic (exact) mass is 446 g/mol. The average molecular weight is 447 g/mol. The van der Waals surface area contributed by atoms with Gasteiger partial charge in [0.25, 0.3) is 0 Å². The Morgan fingerprint density at radius 1 is 1.09 bits per heavy atom. The van der Waals surface area contributed by atoms with Gasteiger partial charge in [-0.15, -0.1) is 0 Å². The Morgan fingerprint density at radius 2 is 1.75 bits per heavy atom. The molecule has 2 fully saturated rings. The van der Waals surface area contributed by atoms with Crippen LogP contribution in [0.25, 0.3) is 11.1 Å². The molecule has 32 heavy (non-hydrogen) atoms. The summed E-state index contributed by atoms with van der Waals surface area (Å²) in [6.07, 6.45) is -0.266. The summed E-state index contributed by atoms with van der Waals surface area (Å²) < 4.78 is 48.0. The maximum absolute atomic E-state index is 14.2. The number of nitrogens with one attached hydrogen (secondary N) is 1. The smallest absolute Gasteiger partial charge is 0.378 e. The fourth-order valence-corrected chi connectivity index (χ4v) is 4.62. The van der Waals surface area contributed by atoms with Gasteiger partial charge < -0.3 is 15.0 Å². The van der Waals surface area contributed by atoms with E-state index in [2.05, 4.69) is 5.32 Å². The predicted octanol–water partition coefficient (Wildman–Crippen LogP) is 6.04. The van der Waals surface area contributed by atoms with Gasteiger partial charge in [-0.05, 0) is 43.4 Å². The van der Waals surface area contributed by atoms with Gasteiger partial charge in [-0.3, -0.25) is 4.79 Å². The largest absolute Gasteiger partial charge is 0.418 e. The van der Waals surface area contributed by atoms with E-state index in [1.807, 2.05) is 24.0 Å². The lowest BCUT2D eigenvalue weighted by atomic mass is 9.96.